The molecule has 0 aliphatic carbocycles. The molecule has 1 aliphatic heterocycles. The quantitative estimate of drug-likeness (QED) is 0.708. The third kappa shape index (κ3) is 4.08. The summed E-state index contributed by atoms with van der Waals surface area (Å²) in [4.78, 5) is 20.7. The lowest BCUT2D eigenvalue weighted by Gasteiger charge is -2.26. The third-order valence-electron chi connectivity index (χ3n) is 4.74. The van der Waals surface area contributed by atoms with Crippen molar-refractivity contribution >= 4 is 28.1 Å². The summed E-state index contributed by atoms with van der Waals surface area (Å²) in [6.07, 6.45) is 0. The van der Waals surface area contributed by atoms with E-state index in [1.165, 1.54) is 16.9 Å². The average molecular weight is 394 g/mol. The highest BCUT2D eigenvalue weighted by Gasteiger charge is 2.23. The van der Waals surface area contributed by atoms with E-state index in [2.05, 4.69) is 17.1 Å². The zero-order valence-electron chi connectivity index (χ0n) is 16.1. The highest BCUT2D eigenvalue weighted by molar-refractivity contribution is 7.18. The molecular formula is C22H23N3O2S. The predicted octanol–water partition coefficient (Wildman–Crippen LogP) is 4.52. The molecule has 0 spiro atoms. The van der Waals surface area contributed by atoms with E-state index < -0.39 is 0 Å². The molecule has 6 heteroatoms. The molecule has 1 saturated heterocycles. The minimum absolute atomic E-state index is 0.128. The third-order valence-corrected chi connectivity index (χ3v) is 5.85. The second kappa shape index (κ2) is 8.12. The Labute approximate surface area is 169 Å². The Morgan fingerprint density at radius 2 is 1.61 bits per heavy atom. The van der Waals surface area contributed by atoms with Gasteiger partial charge in [0.15, 0.2) is 5.13 Å². The number of benzene rings is 2. The minimum Gasteiger partial charge on any atom is -0.378 e. The smallest absolute Gasteiger partial charge is 0.268 e. The maximum absolute atomic E-state index is 13.1. The van der Waals surface area contributed by atoms with Gasteiger partial charge in [0.05, 0.1) is 18.9 Å². The molecule has 2 aromatic carbocycles. The summed E-state index contributed by atoms with van der Waals surface area (Å²) in [6, 6.07) is 16.0. The zero-order chi connectivity index (χ0) is 19.5. The monoisotopic (exact) mass is 393 g/mol. The highest BCUT2D eigenvalue weighted by Crippen LogP contribution is 2.34. The van der Waals surface area contributed by atoms with Gasteiger partial charge < -0.3 is 15.0 Å². The first-order valence-corrected chi connectivity index (χ1v) is 10.2. The van der Waals surface area contributed by atoms with Crippen LogP contribution >= 0.6 is 11.3 Å². The number of ether oxygens (including phenoxy) is 1. The van der Waals surface area contributed by atoms with Crippen LogP contribution in [0.5, 0.6) is 0 Å². The molecule has 1 fully saturated rings. The van der Waals surface area contributed by atoms with E-state index in [-0.39, 0.29) is 5.91 Å². The number of morpholine rings is 1. The molecule has 3 aromatic rings. The van der Waals surface area contributed by atoms with Crippen molar-refractivity contribution in [1.82, 2.24) is 4.98 Å². The molecule has 0 saturated carbocycles. The van der Waals surface area contributed by atoms with Crippen LogP contribution in [-0.4, -0.2) is 37.2 Å². The normalized spacial score (nSPS) is 14.1. The SMILES string of the molecule is Cc1ccc(NC(=O)c2sc(N3CCOCC3)nc2-c2ccc(C)cc2)cc1. The van der Waals surface area contributed by atoms with Crippen molar-refractivity contribution in [2.75, 3.05) is 36.5 Å². The van der Waals surface area contributed by atoms with Gasteiger partial charge in [-0.1, -0.05) is 58.9 Å². The molecule has 0 bridgehead atoms. The van der Waals surface area contributed by atoms with E-state index in [4.69, 9.17) is 9.72 Å². The van der Waals surface area contributed by atoms with Crippen molar-refractivity contribution < 1.29 is 9.53 Å². The van der Waals surface area contributed by atoms with Gasteiger partial charge in [-0.15, -0.1) is 0 Å². The second-order valence-electron chi connectivity index (χ2n) is 6.96. The Kier molecular flexibility index (Phi) is 5.41. The van der Waals surface area contributed by atoms with Gasteiger partial charge in [0.1, 0.15) is 4.88 Å². The summed E-state index contributed by atoms with van der Waals surface area (Å²) in [5.41, 5.74) is 4.81. The Morgan fingerprint density at radius 1 is 1.00 bits per heavy atom. The molecule has 0 atom stereocenters. The number of aryl methyl sites for hydroxylation is 2. The number of amides is 1. The minimum atomic E-state index is -0.128. The number of anilines is 2. The van der Waals surface area contributed by atoms with Crippen molar-refractivity contribution in [2.24, 2.45) is 0 Å². The molecule has 0 unspecified atom stereocenters. The van der Waals surface area contributed by atoms with Crippen LogP contribution in [0.2, 0.25) is 0 Å². The van der Waals surface area contributed by atoms with Gasteiger partial charge >= 0.3 is 0 Å². The van der Waals surface area contributed by atoms with Crippen LogP contribution in [-0.2, 0) is 4.74 Å². The number of carbonyl (C=O) groups excluding carboxylic acids is 1. The van der Waals surface area contributed by atoms with Crippen LogP contribution in [0.25, 0.3) is 11.3 Å². The molecule has 1 N–H and O–H groups in total. The number of rotatable bonds is 4. The van der Waals surface area contributed by atoms with Crippen LogP contribution < -0.4 is 10.2 Å². The number of carbonyl (C=O) groups is 1. The fourth-order valence-corrected chi connectivity index (χ4v) is 4.12. The van der Waals surface area contributed by atoms with Gasteiger partial charge in [0.25, 0.3) is 5.91 Å². The Morgan fingerprint density at radius 3 is 2.25 bits per heavy atom. The second-order valence-corrected chi connectivity index (χ2v) is 7.94. The van der Waals surface area contributed by atoms with Crippen molar-refractivity contribution in [1.29, 1.82) is 0 Å². The first-order chi connectivity index (χ1) is 13.6. The van der Waals surface area contributed by atoms with Gasteiger partial charge in [-0.2, -0.15) is 0 Å². The van der Waals surface area contributed by atoms with Crippen LogP contribution in [0.1, 0.15) is 20.8 Å². The molecule has 4 rings (SSSR count). The van der Waals surface area contributed by atoms with E-state index in [9.17, 15) is 4.79 Å². The van der Waals surface area contributed by atoms with Gasteiger partial charge in [-0.3, -0.25) is 4.79 Å². The van der Waals surface area contributed by atoms with Crippen molar-refractivity contribution in [3.05, 3.63) is 64.5 Å². The fraction of sp³-hybridized carbons (Fsp3) is 0.273. The Hall–Kier alpha value is -2.70. The summed E-state index contributed by atoms with van der Waals surface area (Å²) in [5.74, 6) is -0.128. The van der Waals surface area contributed by atoms with Crippen LogP contribution in [0.3, 0.4) is 0 Å². The summed E-state index contributed by atoms with van der Waals surface area (Å²) in [5, 5.41) is 3.88. The van der Waals surface area contributed by atoms with Crippen molar-refractivity contribution in [3.8, 4) is 11.3 Å². The van der Waals surface area contributed by atoms with Gasteiger partial charge in [0, 0.05) is 24.3 Å². The Balaban J connectivity index is 1.68. The lowest BCUT2D eigenvalue weighted by atomic mass is 10.1. The van der Waals surface area contributed by atoms with E-state index in [1.807, 2.05) is 55.5 Å². The van der Waals surface area contributed by atoms with Crippen LogP contribution in [0.15, 0.2) is 48.5 Å². The van der Waals surface area contributed by atoms with E-state index >= 15 is 0 Å². The maximum atomic E-state index is 13.1. The highest BCUT2D eigenvalue weighted by atomic mass is 32.1. The van der Waals surface area contributed by atoms with Crippen LogP contribution in [0.4, 0.5) is 10.8 Å². The summed E-state index contributed by atoms with van der Waals surface area (Å²) in [6.45, 7) is 7.03. The van der Waals surface area contributed by atoms with E-state index in [0.717, 1.165) is 40.7 Å². The first kappa shape index (κ1) is 18.7. The number of nitrogens with zero attached hydrogens (tertiary/aromatic N) is 2. The average Bonchev–Trinajstić information content (AvgIpc) is 3.17. The molecule has 0 radical (unpaired) electrons. The molecule has 5 nitrogen and oxygen atoms in total. The van der Waals surface area contributed by atoms with Crippen LogP contribution in [0, 0.1) is 13.8 Å². The number of nitrogens with one attached hydrogen (secondary N) is 1. The van der Waals surface area contributed by atoms with Gasteiger partial charge in [-0.05, 0) is 26.0 Å². The zero-order valence-corrected chi connectivity index (χ0v) is 16.9. The number of hydrogen-bond acceptors (Lipinski definition) is 5. The van der Waals surface area contributed by atoms with E-state index in [0.29, 0.717) is 18.1 Å². The Bertz CT molecular complexity index is 958. The van der Waals surface area contributed by atoms with Crippen molar-refractivity contribution in [2.45, 2.75) is 13.8 Å². The molecular weight excluding hydrogens is 370 g/mol. The number of hydrogen-bond donors (Lipinski definition) is 1. The van der Waals surface area contributed by atoms with Gasteiger partial charge in [-0.25, -0.2) is 4.98 Å². The van der Waals surface area contributed by atoms with Crippen molar-refractivity contribution in [3.63, 3.8) is 0 Å². The molecule has 1 amide bonds. The maximum Gasteiger partial charge on any atom is 0.268 e. The summed E-state index contributed by atoms with van der Waals surface area (Å²) in [7, 11) is 0. The predicted molar refractivity (Wildman–Crippen MR) is 114 cm³/mol. The summed E-state index contributed by atoms with van der Waals surface area (Å²) >= 11 is 1.44. The number of thiazole rings is 1. The topological polar surface area (TPSA) is 54.5 Å². The molecule has 1 aliphatic rings. The molecule has 1 aromatic heterocycles. The summed E-state index contributed by atoms with van der Waals surface area (Å²) < 4.78 is 5.45. The lowest BCUT2D eigenvalue weighted by Crippen LogP contribution is -2.36. The molecule has 2 heterocycles. The molecule has 28 heavy (non-hydrogen) atoms. The lowest BCUT2D eigenvalue weighted by molar-refractivity contribution is 0.103. The standard InChI is InChI=1S/C22H23N3O2S/c1-15-3-7-17(8-4-15)19-20(21(26)23-18-9-5-16(2)6-10-18)28-22(24-19)25-11-13-27-14-12-25/h3-10H,11-14H2,1-2H3,(H,23,26). The van der Waals surface area contributed by atoms with E-state index in [1.54, 1.807) is 0 Å². The molecule has 144 valence electrons. The first-order valence-electron chi connectivity index (χ1n) is 9.39. The largest absolute Gasteiger partial charge is 0.378 e. The number of aromatic nitrogens is 1. The van der Waals surface area contributed by atoms with Gasteiger partial charge in [0.2, 0.25) is 0 Å². The fourth-order valence-electron chi connectivity index (χ4n) is 3.08.